The summed E-state index contributed by atoms with van der Waals surface area (Å²) in [6, 6.07) is 6.38. The van der Waals surface area contributed by atoms with Gasteiger partial charge < -0.3 is 11.1 Å². The minimum atomic E-state index is -3.56. The third-order valence-corrected chi connectivity index (χ3v) is 4.62. The van der Waals surface area contributed by atoms with Crippen LogP contribution in [0.4, 0.5) is 0 Å². The second kappa shape index (κ2) is 6.95. The molecule has 0 saturated heterocycles. The highest BCUT2D eigenvalue weighted by Crippen LogP contribution is 2.39. The van der Waals surface area contributed by atoms with Gasteiger partial charge in [-0.25, -0.2) is 13.6 Å². The van der Waals surface area contributed by atoms with E-state index in [1.165, 1.54) is 0 Å². The van der Waals surface area contributed by atoms with Gasteiger partial charge in [-0.1, -0.05) is 12.1 Å². The smallest absolute Gasteiger partial charge is 0.251 e. The van der Waals surface area contributed by atoms with Crippen LogP contribution >= 0.6 is 12.4 Å². The summed E-state index contributed by atoms with van der Waals surface area (Å²) in [4.78, 5) is 12.2. The molecular formula is C14H22ClN3O3S. The lowest BCUT2D eigenvalue weighted by Crippen LogP contribution is -2.53. The summed E-state index contributed by atoms with van der Waals surface area (Å²) in [5, 5.41) is 7.97. The normalized spacial score (nSPS) is 17.2. The number of hydrogen-bond donors (Lipinski definition) is 3. The van der Waals surface area contributed by atoms with Crippen LogP contribution in [0.15, 0.2) is 24.3 Å². The zero-order chi connectivity index (χ0) is 15.7. The summed E-state index contributed by atoms with van der Waals surface area (Å²) in [6.07, 6.45) is 2.17. The van der Waals surface area contributed by atoms with Gasteiger partial charge in [-0.3, -0.25) is 4.79 Å². The first kappa shape index (κ1) is 18.9. The van der Waals surface area contributed by atoms with Gasteiger partial charge in [0.05, 0.1) is 11.3 Å². The van der Waals surface area contributed by atoms with Crippen LogP contribution in [0.2, 0.25) is 0 Å². The third-order valence-electron chi connectivity index (χ3n) is 3.89. The van der Waals surface area contributed by atoms with E-state index in [1.807, 2.05) is 6.92 Å². The van der Waals surface area contributed by atoms with Crippen LogP contribution in [-0.4, -0.2) is 26.4 Å². The molecule has 5 N–H and O–H groups in total. The number of carbonyl (C=O) groups excluding carboxylic acids is 1. The molecule has 1 saturated carbocycles. The number of benzene rings is 1. The molecule has 1 amide bonds. The fraction of sp³-hybridized carbons (Fsp3) is 0.500. The van der Waals surface area contributed by atoms with E-state index < -0.39 is 10.0 Å². The lowest BCUT2D eigenvalue weighted by Gasteiger charge is -2.29. The van der Waals surface area contributed by atoms with Crippen molar-refractivity contribution < 1.29 is 13.2 Å². The maximum absolute atomic E-state index is 12.2. The van der Waals surface area contributed by atoms with E-state index in [-0.39, 0.29) is 29.6 Å². The third kappa shape index (κ3) is 4.95. The molecule has 1 unspecified atom stereocenters. The quantitative estimate of drug-likeness (QED) is 0.704. The second-order valence-corrected chi connectivity index (χ2v) is 7.47. The molecule has 0 heterocycles. The topological polar surface area (TPSA) is 115 Å². The van der Waals surface area contributed by atoms with E-state index in [0.717, 1.165) is 12.8 Å². The molecule has 124 valence electrons. The van der Waals surface area contributed by atoms with Crippen LogP contribution in [0, 0.1) is 5.92 Å². The average molecular weight is 348 g/mol. The van der Waals surface area contributed by atoms with Crippen molar-refractivity contribution in [3.63, 3.8) is 0 Å². The van der Waals surface area contributed by atoms with Crippen molar-refractivity contribution in [1.29, 1.82) is 0 Å². The molecule has 6 nitrogen and oxygen atoms in total. The molecule has 1 atom stereocenters. The number of carbonyl (C=O) groups is 1. The highest BCUT2D eigenvalue weighted by atomic mass is 35.5. The van der Waals surface area contributed by atoms with E-state index in [9.17, 15) is 13.2 Å². The molecule has 1 aromatic rings. The lowest BCUT2D eigenvalue weighted by atomic mass is 9.95. The van der Waals surface area contributed by atoms with Gasteiger partial charge in [-0.05, 0) is 43.4 Å². The molecule has 0 radical (unpaired) electrons. The minimum absolute atomic E-state index is 0. The van der Waals surface area contributed by atoms with Gasteiger partial charge in [0.1, 0.15) is 0 Å². The number of nitrogens with two attached hydrogens (primary N) is 2. The predicted molar refractivity (Wildman–Crippen MR) is 88.2 cm³/mol. The van der Waals surface area contributed by atoms with E-state index in [4.69, 9.17) is 10.9 Å². The Morgan fingerprint density at radius 2 is 1.86 bits per heavy atom. The zero-order valence-corrected chi connectivity index (χ0v) is 14.0. The van der Waals surface area contributed by atoms with Gasteiger partial charge in [-0.15, -0.1) is 12.4 Å². The summed E-state index contributed by atoms with van der Waals surface area (Å²) in [5.74, 6) is 0.00224. The fourth-order valence-corrected chi connectivity index (χ4v) is 3.01. The Kier molecular flexibility index (Phi) is 5.97. The van der Waals surface area contributed by atoms with Crippen molar-refractivity contribution >= 4 is 28.3 Å². The molecule has 8 heteroatoms. The first-order valence-corrected chi connectivity index (χ1v) is 8.57. The predicted octanol–water partition coefficient (Wildman–Crippen LogP) is 0.754. The first-order valence-electron chi connectivity index (χ1n) is 6.85. The Morgan fingerprint density at radius 1 is 1.32 bits per heavy atom. The standard InChI is InChI=1S/C14H21N3O3S.ClH/c1-14(9-15,12-6-7-12)17-13(18)11-4-2-10(3-5-11)8-21(16,19)20;/h2-5,12H,6-9,15H2,1H3,(H,17,18)(H2,16,19,20);1H. The van der Waals surface area contributed by atoms with Crippen molar-refractivity contribution in [2.75, 3.05) is 6.54 Å². The van der Waals surface area contributed by atoms with Crippen LogP contribution in [0.3, 0.4) is 0 Å². The van der Waals surface area contributed by atoms with Gasteiger partial charge in [0.25, 0.3) is 5.91 Å². The van der Waals surface area contributed by atoms with Crippen LogP contribution in [0.1, 0.15) is 35.7 Å². The van der Waals surface area contributed by atoms with Gasteiger partial charge >= 0.3 is 0 Å². The van der Waals surface area contributed by atoms with Crippen molar-refractivity contribution in [3.8, 4) is 0 Å². The van der Waals surface area contributed by atoms with Gasteiger partial charge in [0, 0.05) is 12.1 Å². The maximum Gasteiger partial charge on any atom is 0.251 e. The first-order chi connectivity index (χ1) is 9.73. The maximum atomic E-state index is 12.2. The summed E-state index contributed by atoms with van der Waals surface area (Å²) < 4.78 is 22.0. The Hall–Kier alpha value is -1.15. The summed E-state index contributed by atoms with van der Waals surface area (Å²) in [7, 11) is -3.56. The second-order valence-electron chi connectivity index (χ2n) is 5.85. The van der Waals surface area contributed by atoms with E-state index in [2.05, 4.69) is 5.32 Å². The van der Waals surface area contributed by atoms with E-state index in [0.29, 0.717) is 23.6 Å². The number of sulfonamides is 1. The van der Waals surface area contributed by atoms with Crippen LogP contribution in [0.5, 0.6) is 0 Å². The molecule has 1 aromatic carbocycles. The number of hydrogen-bond acceptors (Lipinski definition) is 4. The highest BCUT2D eigenvalue weighted by Gasteiger charge is 2.41. The highest BCUT2D eigenvalue weighted by molar-refractivity contribution is 7.88. The molecule has 0 aromatic heterocycles. The largest absolute Gasteiger partial charge is 0.345 e. The molecule has 0 spiro atoms. The van der Waals surface area contributed by atoms with Crippen molar-refractivity contribution in [3.05, 3.63) is 35.4 Å². The number of nitrogens with one attached hydrogen (secondary N) is 1. The van der Waals surface area contributed by atoms with Crippen molar-refractivity contribution in [1.82, 2.24) is 5.32 Å². The monoisotopic (exact) mass is 347 g/mol. The number of rotatable bonds is 6. The molecule has 1 fully saturated rings. The van der Waals surface area contributed by atoms with Crippen LogP contribution < -0.4 is 16.2 Å². The molecule has 0 aliphatic heterocycles. The van der Waals surface area contributed by atoms with E-state index >= 15 is 0 Å². The van der Waals surface area contributed by atoms with E-state index in [1.54, 1.807) is 24.3 Å². The zero-order valence-electron chi connectivity index (χ0n) is 12.4. The molecule has 1 aliphatic carbocycles. The molecule has 1 aliphatic rings. The summed E-state index contributed by atoms with van der Waals surface area (Å²) in [6.45, 7) is 2.35. The number of halogens is 1. The van der Waals surface area contributed by atoms with Crippen LogP contribution in [0.25, 0.3) is 0 Å². The molecule has 22 heavy (non-hydrogen) atoms. The average Bonchev–Trinajstić information content (AvgIpc) is 3.22. The SMILES string of the molecule is CC(CN)(NC(=O)c1ccc(CS(N)(=O)=O)cc1)C1CC1.Cl. The fourth-order valence-electron chi connectivity index (χ4n) is 2.36. The van der Waals surface area contributed by atoms with Gasteiger partial charge in [0.15, 0.2) is 0 Å². The Bertz CT molecular complexity index is 629. The summed E-state index contributed by atoms with van der Waals surface area (Å²) >= 11 is 0. The number of amides is 1. The number of primary sulfonamides is 1. The van der Waals surface area contributed by atoms with Gasteiger partial charge in [0.2, 0.25) is 10.0 Å². The van der Waals surface area contributed by atoms with Crippen molar-refractivity contribution in [2.45, 2.75) is 31.1 Å². The Morgan fingerprint density at radius 3 is 2.27 bits per heavy atom. The molecule has 0 bridgehead atoms. The van der Waals surface area contributed by atoms with Crippen molar-refractivity contribution in [2.24, 2.45) is 16.8 Å². The Labute approximate surface area is 137 Å². The summed E-state index contributed by atoms with van der Waals surface area (Å²) in [5.41, 5.74) is 6.43. The minimum Gasteiger partial charge on any atom is -0.345 e. The van der Waals surface area contributed by atoms with Crippen LogP contribution in [-0.2, 0) is 15.8 Å². The molecule has 2 rings (SSSR count). The Balaban J connectivity index is 0.00000242. The van der Waals surface area contributed by atoms with Gasteiger partial charge in [-0.2, -0.15) is 0 Å². The lowest BCUT2D eigenvalue weighted by molar-refractivity contribution is 0.0898. The molecular weight excluding hydrogens is 326 g/mol.